The lowest BCUT2D eigenvalue weighted by Crippen LogP contribution is -2.45. The van der Waals surface area contributed by atoms with E-state index in [0.29, 0.717) is 6.10 Å². The number of ether oxygens (including phenoxy) is 1. The molecule has 0 radical (unpaired) electrons. The molecule has 0 aromatic heterocycles. The summed E-state index contributed by atoms with van der Waals surface area (Å²) in [6.07, 6.45) is 5.65. The van der Waals surface area contributed by atoms with Crippen LogP contribution in [0.1, 0.15) is 32.6 Å². The zero-order valence-corrected chi connectivity index (χ0v) is 9.87. The minimum absolute atomic E-state index is 0.514. The van der Waals surface area contributed by atoms with Gasteiger partial charge in [0.25, 0.3) is 0 Å². The zero-order valence-electron chi connectivity index (χ0n) is 9.87. The third-order valence-corrected chi connectivity index (χ3v) is 3.69. The van der Waals surface area contributed by atoms with Gasteiger partial charge in [-0.2, -0.15) is 0 Å². The van der Waals surface area contributed by atoms with Crippen LogP contribution in [-0.4, -0.2) is 49.8 Å². The van der Waals surface area contributed by atoms with Gasteiger partial charge in [0.1, 0.15) is 0 Å². The van der Waals surface area contributed by atoms with Gasteiger partial charge >= 0.3 is 0 Å². The van der Waals surface area contributed by atoms with Gasteiger partial charge in [-0.05, 0) is 45.3 Å². The van der Waals surface area contributed by atoms with E-state index in [1.165, 1.54) is 45.3 Å². The molecule has 0 amide bonds. The minimum Gasteiger partial charge on any atom is -0.377 e. The van der Waals surface area contributed by atoms with Crippen LogP contribution in [0.25, 0.3) is 0 Å². The number of piperidine rings is 1. The highest BCUT2D eigenvalue weighted by atomic mass is 16.5. The minimum atomic E-state index is 0.514. The number of nitrogens with zero attached hydrogens (tertiary/aromatic N) is 1. The molecule has 0 aromatic rings. The number of hydrogen-bond donors (Lipinski definition) is 1. The molecule has 0 saturated carbocycles. The summed E-state index contributed by atoms with van der Waals surface area (Å²) in [4.78, 5) is 2.62. The zero-order chi connectivity index (χ0) is 10.5. The molecule has 15 heavy (non-hydrogen) atoms. The number of rotatable bonds is 4. The van der Waals surface area contributed by atoms with E-state index in [0.717, 1.165) is 19.2 Å². The second kappa shape index (κ2) is 5.83. The Morgan fingerprint density at radius 2 is 2.07 bits per heavy atom. The maximum absolute atomic E-state index is 5.72. The van der Waals surface area contributed by atoms with E-state index in [4.69, 9.17) is 4.74 Å². The van der Waals surface area contributed by atoms with Crippen molar-refractivity contribution >= 4 is 0 Å². The van der Waals surface area contributed by atoms with Crippen LogP contribution in [0, 0.1) is 0 Å². The summed E-state index contributed by atoms with van der Waals surface area (Å²) in [5, 5.41) is 3.43. The van der Waals surface area contributed by atoms with E-state index in [2.05, 4.69) is 17.1 Å². The van der Waals surface area contributed by atoms with Gasteiger partial charge in [0.15, 0.2) is 0 Å². The smallest absolute Gasteiger partial charge is 0.0702 e. The van der Waals surface area contributed by atoms with Crippen LogP contribution in [0.15, 0.2) is 0 Å². The van der Waals surface area contributed by atoms with Crippen molar-refractivity contribution in [3.05, 3.63) is 0 Å². The van der Waals surface area contributed by atoms with Crippen LogP contribution in [0.4, 0.5) is 0 Å². The van der Waals surface area contributed by atoms with Crippen LogP contribution in [0.3, 0.4) is 0 Å². The molecule has 0 bridgehead atoms. The fourth-order valence-corrected chi connectivity index (χ4v) is 2.76. The van der Waals surface area contributed by atoms with Crippen LogP contribution in [-0.2, 0) is 4.74 Å². The highest BCUT2D eigenvalue weighted by Crippen LogP contribution is 2.17. The first-order valence-electron chi connectivity index (χ1n) is 6.46. The average Bonchev–Trinajstić information content (AvgIpc) is 2.80. The van der Waals surface area contributed by atoms with E-state index < -0.39 is 0 Å². The maximum Gasteiger partial charge on any atom is 0.0702 e. The molecular weight excluding hydrogens is 188 g/mol. The molecule has 1 unspecified atom stereocenters. The molecule has 2 fully saturated rings. The molecule has 0 aromatic carbocycles. The van der Waals surface area contributed by atoms with Crippen molar-refractivity contribution in [2.75, 3.05) is 32.8 Å². The molecule has 3 nitrogen and oxygen atoms in total. The lowest BCUT2D eigenvalue weighted by atomic mass is 10.0. The van der Waals surface area contributed by atoms with Gasteiger partial charge in [-0.15, -0.1) is 0 Å². The first-order valence-corrected chi connectivity index (χ1v) is 6.46. The summed E-state index contributed by atoms with van der Waals surface area (Å²) in [5.74, 6) is 0. The molecule has 2 heterocycles. The molecule has 0 aliphatic carbocycles. The predicted molar refractivity (Wildman–Crippen MR) is 62.1 cm³/mol. The third kappa shape index (κ3) is 3.16. The first kappa shape index (κ1) is 11.4. The summed E-state index contributed by atoms with van der Waals surface area (Å²) < 4.78 is 5.72. The van der Waals surface area contributed by atoms with Gasteiger partial charge in [0.2, 0.25) is 0 Å². The Morgan fingerprint density at radius 3 is 2.67 bits per heavy atom. The fraction of sp³-hybridized carbons (Fsp3) is 1.00. The lowest BCUT2D eigenvalue weighted by molar-refractivity contribution is 0.0526. The molecule has 2 aliphatic rings. The Labute approximate surface area is 93.2 Å². The SMILES string of the molecule is CCN(CC1CCCO1)C1CCNCC1. The van der Waals surface area contributed by atoms with Crippen molar-refractivity contribution in [2.24, 2.45) is 0 Å². The van der Waals surface area contributed by atoms with Gasteiger partial charge in [-0.3, -0.25) is 4.90 Å². The molecule has 2 rings (SSSR count). The quantitative estimate of drug-likeness (QED) is 0.759. The number of likely N-dealkylation sites (N-methyl/N-ethyl adjacent to an activating group) is 1. The van der Waals surface area contributed by atoms with Crippen molar-refractivity contribution in [1.82, 2.24) is 10.2 Å². The Hall–Kier alpha value is -0.120. The molecule has 3 heteroatoms. The summed E-state index contributed by atoms with van der Waals surface area (Å²) in [6, 6.07) is 0.792. The van der Waals surface area contributed by atoms with E-state index in [1.807, 2.05) is 0 Å². The lowest BCUT2D eigenvalue weighted by Gasteiger charge is -2.35. The second-order valence-corrected chi connectivity index (χ2v) is 4.70. The Kier molecular flexibility index (Phi) is 4.42. The van der Waals surface area contributed by atoms with E-state index in [-0.39, 0.29) is 0 Å². The Morgan fingerprint density at radius 1 is 1.27 bits per heavy atom. The van der Waals surface area contributed by atoms with Gasteiger partial charge in [0, 0.05) is 19.2 Å². The summed E-state index contributed by atoms with van der Waals surface area (Å²) in [7, 11) is 0. The van der Waals surface area contributed by atoms with Gasteiger partial charge < -0.3 is 10.1 Å². The van der Waals surface area contributed by atoms with Crippen molar-refractivity contribution in [1.29, 1.82) is 0 Å². The first-order chi connectivity index (χ1) is 7.40. The monoisotopic (exact) mass is 212 g/mol. The third-order valence-electron chi connectivity index (χ3n) is 3.69. The summed E-state index contributed by atoms with van der Waals surface area (Å²) in [6.45, 7) is 7.95. The van der Waals surface area contributed by atoms with Crippen molar-refractivity contribution in [2.45, 2.75) is 44.8 Å². The molecule has 2 saturated heterocycles. The van der Waals surface area contributed by atoms with Gasteiger partial charge in [0.05, 0.1) is 6.10 Å². The summed E-state index contributed by atoms with van der Waals surface area (Å²) in [5.41, 5.74) is 0. The molecule has 88 valence electrons. The molecule has 0 spiro atoms. The largest absolute Gasteiger partial charge is 0.377 e. The Bertz CT molecular complexity index is 174. The summed E-state index contributed by atoms with van der Waals surface area (Å²) >= 11 is 0. The molecule has 2 aliphatic heterocycles. The van der Waals surface area contributed by atoms with Gasteiger partial charge in [-0.1, -0.05) is 6.92 Å². The van der Waals surface area contributed by atoms with Crippen LogP contribution in [0.5, 0.6) is 0 Å². The second-order valence-electron chi connectivity index (χ2n) is 4.70. The predicted octanol–water partition coefficient (Wildman–Crippen LogP) is 1.24. The van der Waals surface area contributed by atoms with E-state index in [9.17, 15) is 0 Å². The maximum atomic E-state index is 5.72. The average molecular weight is 212 g/mol. The van der Waals surface area contributed by atoms with Crippen LogP contribution >= 0.6 is 0 Å². The van der Waals surface area contributed by atoms with Gasteiger partial charge in [-0.25, -0.2) is 0 Å². The topological polar surface area (TPSA) is 24.5 Å². The van der Waals surface area contributed by atoms with E-state index >= 15 is 0 Å². The highest BCUT2D eigenvalue weighted by Gasteiger charge is 2.24. The Balaban J connectivity index is 1.79. The molecule has 1 N–H and O–H groups in total. The van der Waals surface area contributed by atoms with Crippen LogP contribution < -0.4 is 5.32 Å². The normalized spacial score (nSPS) is 28.8. The van der Waals surface area contributed by atoms with Crippen molar-refractivity contribution < 1.29 is 4.74 Å². The van der Waals surface area contributed by atoms with Crippen molar-refractivity contribution in [3.8, 4) is 0 Å². The van der Waals surface area contributed by atoms with Crippen LogP contribution in [0.2, 0.25) is 0 Å². The molecular formula is C12H24N2O. The fourth-order valence-electron chi connectivity index (χ4n) is 2.76. The highest BCUT2D eigenvalue weighted by molar-refractivity contribution is 4.80. The standard InChI is InChI=1S/C12H24N2O/c1-2-14(10-12-4-3-9-15-12)11-5-7-13-8-6-11/h11-13H,2-10H2,1H3. The van der Waals surface area contributed by atoms with E-state index in [1.54, 1.807) is 0 Å². The molecule has 1 atom stereocenters. The van der Waals surface area contributed by atoms with Crippen molar-refractivity contribution in [3.63, 3.8) is 0 Å². The number of nitrogens with one attached hydrogen (secondary N) is 1. The number of hydrogen-bond acceptors (Lipinski definition) is 3.